The van der Waals surface area contributed by atoms with Crippen molar-refractivity contribution in [1.82, 2.24) is 35.9 Å². The normalized spacial score (nSPS) is 14.5. The number of carbonyl (C=O) groups excluding carboxylic acids is 3. The molecule has 13 nitrogen and oxygen atoms in total. The number of aromatic amines is 2. The van der Waals surface area contributed by atoms with Crippen molar-refractivity contribution in [3.63, 3.8) is 0 Å². The Morgan fingerprint density at radius 1 is 0.914 bits per heavy atom. The van der Waals surface area contributed by atoms with Crippen molar-refractivity contribution >= 4 is 36.3 Å². The highest BCUT2D eigenvalue weighted by Crippen LogP contribution is 2.08. The summed E-state index contributed by atoms with van der Waals surface area (Å²) in [5.74, 6) is -3.01. The number of carboxylic acid groups (broad SMARTS) is 1. The van der Waals surface area contributed by atoms with Gasteiger partial charge in [-0.25, -0.2) is 14.8 Å². The van der Waals surface area contributed by atoms with Gasteiger partial charge in [0, 0.05) is 42.4 Å². The second kappa shape index (κ2) is 13.5. The first-order valence-corrected chi connectivity index (χ1v) is 11.7. The van der Waals surface area contributed by atoms with Crippen LogP contribution in [-0.4, -0.2) is 78.7 Å². The molecule has 0 aromatic carbocycles. The van der Waals surface area contributed by atoms with Crippen LogP contribution in [0, 0.1) is 5.92 Å². The minimum atomic E-state index is -1.18. The summed E-state index contributed by atoms with van der Waals surface area (Å²) >= 11 is 4.01. The quantitative estimate of drug-likeness (QED) is 0.144. The molecule has 0 saturated heterocycles. The number of nitrogens with zero attached hydrogens (tertiary/aromatic N) is 2. The van der Waals surface area contributed by atoms with E-state index in [1.165, 1.54) is 25.0 Å². The van der Waals surface area contributed by atoms with Crippen molar-refractivity contribution < 1.29 is 24.3 Å². The number of hydrogen-bond donors (Lipinski definition) is 8. The van der Waals surface area contributed by atoms with Crippen molar-refractivity contribution in [2.45, 2.75) is 57.3 Å². The van der Waals surface area contributed by atoms with Crippen LogP contribution >= 0.6 is 12.6 Å². The maximum atomic E-state index is 13.2. The molecule has 0 bridgehead atoms. The molecule has 35 heavy (non-hydrogen) atoms. The second-order valence-electron chi connectivity index (χ2n) is 8.50. The Balaban J connectivity index is 2.23. The molecule has 4 atom stereocenters. The Kier molecular flexibility index (Phi) is 10.7. The summed E-state index contributed by atoms with van der Waals surface area (Å²) in [5, 5.41) is 17.2. The second-order valence-corrected chi connectivity index (χ2v) is 8.87. The summed E-state index contributed by atoms with van der Waals surface area (Å²) in [7, 11) is 0. The van der Waals surface area contributed by atoms with Gasteiger partial charge in [0.15, 0.2) is 0 Å². The van der Waals surface area contributed by atoms with Crippen LogP contribution in [0.4, 0.5) is 0 Å². The van der Waals surface area contributed by atoms with Crippen LogP contribution in [0.5, 0.6) is 0 Å². The third-order valence-electron chi connectivity index (χ3n) is 5.08. The van der Waals surface area contributed by atoms with Gasteiger partial charge in [-0.15, -0.1) is 0 Å². The van der Waals surface area contributed by atoms with Gasteiger partial charge in [0.2, 0.25) is 17.7 Å². The Morgan fingerprint density at radius 2 is 1.37 bits per heavy atom. The number of nitrogens with one attached hydrogen (secondary N) is 5. The van der Waals surface area contributed by atoms with Gasteiger partial charge in [-0.2, -0.15) is 12.6 Å². The number of amides is 3. The molecule has 0 radical (unpaired) electrons. The largest absolute Gasteiger partial charge is 0.480 e. The van der Waals surface area contributed by atoms with Gasteiger partial charge in [-0.05, 0) is 12.3 Å². The molecular formula is C21H32N8O5S. The third-order valence-corrected chi connectivity index (χ3v) is 5.47. The summed E-state index contributed by atoms with van der Waals surface area (Å²) in [6, 6.07) is -4.29. The lowest BCUT2D eigenvalue weighted by molar-refractivity contribution is -0.142. The lowest BCUT2D eigenvalue weighted by Crippen LogP contribution is -2.58. The van der Waals surface area contributed by atoms with Gasteiger partial charge in [0.25, 0.3) is 0 Å². The minimum Gasteiger partial charge on any atom is -0.480 e. The van der Waals surface area contributed by atoms with Gasteiger partial charge in [0.1, 0.15) is 18.1 Å². The van der Waals surface area contributed by atoms with Gasteiger partial charge in [-0.3, -0.25) is 14.4 Å². The smallest absolute Gasteiger partial charge is 0.326 e. The fourth-order valence-electron chi connectivity index (χ4n) is 3.25. The summed E-state index contributed by atoms with van der Waals surface area (Å²) in [6.45, 7) is 3.68. The summed E-state index contributed by atoms with van der Waals surface area (Å²) in [4.78, 5) is 63.8. The topological polar surface area (TPSA) is 208 Å². The highest BCUT2D eigenvalue weighted by molar-refractivity contribution is 7.80. The number of imidazole rings is 2. The minimum absolute atomic E-state index is 0.0158. The molecule has 0 spiro atoms. The third kappa shape index (κ3) is 9.05. The first kappa shape index (κ1) is 27.9. The standard InChI is InChI=1S/C21H32N8O5S/c1-11(2)3-17(21(33)34)29-20(32)16(5-13-7-24-10-26-13)28-19(31)15(4-12-6-23-9-25-12)27-18(30)14(22)8-35/h6-7,9-11,14-17,35H,3-5,8,22H2,1-2H3,(H,23,25)(H,24,26)(H,27,30)(H,28,31)(H,29,32)(H,33,34). The molecule has 3 amide bonds. The first-order chi connectivity index (χ1) is 16.6. The molecule has 4 unspecified atom stereocenters. The fraction of sp³-hybridized carbons (Fsp3) is 0.524. The monoisotopic (exact) mass is 508 g/mol. The van der Waals surface area contributed by atoms with Crippen molar-refractivity contribution in [3.8, 4) is 0 Å². The Bertz CT molecular complexity index is 967. The molecule has 0 aliphatic heterocycles. The van der Waals surface area contributed by atoms with Crippen LogP contribution in [0.15, 0.2) is 25.0 Å². The van der Waals surface area contributed by atoms with Gasteiger partial charge >= 0.3 is 5.97 Å². The first-order valence-electron chi connectivity index (χ1n) is 11.1. The number of carbonyl (C=O) groups is 4. The summed E-state index contributed by atoms with van der Waals surface area (Å²) < 4.78 is 0. The Labute approximate surface area is 207 Å². The van der Waals surface area contributed by atoms with Crippen molar-refractivity contribution in [3.05, 3.63) is 36.4 Å². The summed E-state index contributed by atoms with van der Waals surface area (Å²) in [6.07, 6.45) is 6.14. The predicted octanol–water partition coefficient (Wildman–Crippen LogP) is -1.24. The number of rotatable bonds is 14. The number of carboxylic acids is 1. The maximum absolute atomic E-state index is 13.2. The van der Waals surface area contributed by atoms with E-state index in [1.54, 1.807) is 0 Å². The van der Waals surface area contributed by atoms with Gasteiger partial charge in [-0.1, -0.05) is 13.8 Å². The number of H-pyrrole nitrogens is 2. The average Bonchev–Trinajstić information content (AvgIpc) is 3.50. The molecule has 2 heterocycles. The van der Waals surface area contributed by atoms with Crippen LogP contribution in [0.3, 0.4) is 0 Å². The van der Waals surface area contributed by atoms with E-state index in [0.29, 0.717) is 11.4 Å². The van der Waals surface area contributed by atoms with Gasteiger partial charge < -0.3 is 36.8 Å². The van der Waals surface area contributed by atoms with Crippen LogP contribution in [0.2, 0.25) is 0 Å². The van der Waals surface area contributed by atoms with E-state index < -0.39 is 47.9 Å². The number of nitrogens with two attached hydrogens (primary N) is 1. The Hall–Kier alpha value is -3.39. The van der Waals surface area contributed by atoms with Crippen LogP contribution in [0.1, 0.15) is 31.7 Å². The van der Waals surface area contributed by atoms with E-state index in [4.69, 9.17) is 5.73 Å². The molecule has 14 heteroatoms. The van der Waals surface area contributed by atoms with E-state index >= 15 is 0 Å². The van der Waals surface area contributed by atoms with E-state index in [9.17, 15) is 24.3 Å². The zero-order valence-electron chi connectivity index (χ0n) is 19.5. The van der Waals surface area contributed by atoms with Gasteiger partial charge in [0.05, 0.1) is 18.7 Å². The highest BCUT2D eigenvalue weighted by atomic mass is 32.1. The zero-order valence-corrected chi connectivity index (χ0v) is 20.4. The molecule has 0 fully saturated rings. The van der Waals surface area contributed by atoms with Crippen molar-refractivity contribution in [2.75, 3.05) is 5.75 Å². The molecule has 0 aliphatic rings. The molecular weight excluding hydrogens is 476 g/mol. The Morgan fingerprint density at radius 3 is 1.74 bits per heavy atom. The van der Waals surface area contributed by atoms with E-state index in [2.05, 4.69) is 48.5 Å². The highest BCUT2D eigenvalue weighted by Gasteiger charge is 2.31. The zero-order chi connectivity index (χ0) is 26.0. The van der Waals surface area contributed by atoms with Crippen molar-refractivity contribution in [2.24, 2.45) is 11.7 Å². The fourth-order valence-corrected chi connectivity index (χ4v) is 3.42. The van der Waals surface area contributed by atoms with Crippen LogP contribution in [-0.2, 0) is 32.0 Å². The lowest BCUT2D eigenvalue weighted by atomic mass is 10.0. The number of aliphatic carboxylic acids is 1. The molecule has 8 N–H and O–H groups in total. The maximum Gasteiger partial charge on any atom is 0.326 e. The van der Waals surface area contributed by atoms with Crippen LogP contribution < -0.4 is 21.7 Å². The number of thiol groups is 1. The number of aromatic nitrogens is 4. The van der Waals surface area contributed by atoms with Crippen LogP contribution in [0.25, 0.3) is 0 Å². The molecule has 0 aliphatic carbocycles. The van der Waals surface area contributed by atoms with E-state index in [0.717, 1.165) is 0 Å². The summed E-state index contributed by atoms with van der Waals surface area (Å²) in [5.41, 5.74) is 6.85. The SMILES string of the molecule is CC(C)CC(NC(=O)C(Cc1cnc[nH]1)NC(=O)C(Cc1cnc[nH]1)NC(=O)C(N)CS)C(=O)O. The molecule has 2 aromatic rings. The van der Waals surface area contributed by atoms with E-state index in [1.807, 2.05) is 13.8 Å². The van der Waals surface area contributed by atoms with Crippen molar-refractivity contribution in [1.29, 1.82) is 0 Å². The predicted molar refractivity (Wildman–Crippen MR) is 129 cm³/mol. The average molecular weight is 509 g/mol. The van der Waals surface area contributed by atoms with E-state index in [-0.39, 0.29) is 30.9 Å². The lowest BCUT2D eigenvalue weighted by Gasteiger charge is -2.25. The molecule has 2 rings (SSSR count). The molecule has 0 saturated carbocycles. The number of hydrogen-bond acceptors (Lipinski definition) is 8. The molecule has 2 aromatic heterocycles. The molecule has 192 valence electrons.